The van der Waals surface area contributed by atoms with Crippen molar-refractivity contribution in [2.24, 2.45) is 0 Å². The van der Waals surface area contributed by atoms with E-state index in [1.807, 2.05) is 12.1 Å². The van der Waals surface area contributed by atoms with E-state index in [1.165, 1.54) is 27.9 Å². The number of nitrogens with one attached hydrogen (secondary N) is 1. The lowest BCUT2D eigenvalue weighted by atomic mass is 9.71. The van der Waals surface area contributed by atoms with Crippen molar-refractivity contribution >= 4 is 57.0 Å². The molecule has 2 aliphatic heterocycles. The highest BCUT2D eigenvalue weighted by Gasteiger charge is 2.38. The number of Topliss-reactive ketones (excluding diaryl/α,β-unsaturated/α-hetero) is 1. The molecular formula is C34H25ClN2O. The Hall–Kier alpha value is -4.34. The van der Waals surface area contributed by atoms with Crippen molar-refractivity contribution in [1.82, 2.24) is 0 Å². The summed E-state index contributed by atoms with van der Waals surface area (Å²) >= 11 is 6.12. The molecule has 2 aliphatic rings. The largest absolute Gasteiger partial charge is 0.352 e. The molecule has 0 fully saturated rings. The highest BCUT2D eigenvalue weighted by Crippen LogP contribution is 2.53. The number of allylic oxidation sites excluding steroid dienone is 1. The number of carbonyl (C=O) groups is 1. The summed E-state index contributed by atoms with van der Waals surface area (Å²) in [6, 6.07) is 35.5. The molecule has 0 radical (unpaired) electrons. The highest BCUT2D eigenvalue weighted by atomic mass is 35.5. The van der Waals surface area contributed by atoms with Crippen molar-refractivity contribution in [3.63, 3.8) is 0 Å². The lowest BCUT2D eigenvalue weighted by Gasteiger charge is -2.42. The Bertz CT molecular complexity index is 1800. The minimum atomic E-state index is -0.194. The van der Waals surface area contributed by atoms with E-state index in [0.29, 0.717) is 16.3 Å². The van der Waals surface area contributed by atoms with Crippen molar-refractivity contribution in [1.29, 1.82) is 0 Å². The van der Waals surface area contributed by atoms with Gasteiger partial charge in [0.15, 0.2) is 0 Å². The third kappa shape index (κ3) is 3.39. The van der Waals surface area contributed by atoms with Crippen LogP contribution in [0.1, 0.15) is 40.9 Å². The molecule has 3 nitrogen and oxygen atoms in total. The Kier molecular flexibility index (Phi) is 5.01. The summed E-state index contributed by atoms with van der Waals surface area (Å²) in [5.74, 6) is -0.0377. The summed E-state index contributed by atoms with van der Waals surface area (Å²) in [7, 11) is 0. The van der Waals surface area contributed by atoms with Crippen LogP contribution in [0.15, 0.2) is 109 Å². The standard InChI is InChI=1S/C34H25ClN2O/c1-34(2)27-10-6-7-11-30(27)37(24-8-4-3-5-9-24)31-17-13-22-18-21(12-15-25(22)32(31)34)19-29-33(38)26-20-23(35)14-16-28(26)36-29/h3-20,36H,1-2H3/b29-19+. The SMILES string of the molecule is CC1(C)c2ccccc2N(c2ccccc2)c2ccc3cc(/C=C4/Nc5ccc(Cl)cc5C4=O)ccc3c21. The normalized spacial score (nSPS) is 16.2. The number of fused-ring (bicyclic) bond motifs is 5. The van der Waals surface area contributed by atoms with E-state index in [-0.39, 0.29) is 11.2 Å². The molecule has 2 heterocycles. The molecule has 4 heteroatoms. The quantitative estimate of drug-likeness (QED) is 0.239. The topological polar surface area (TPSA) is 32.3 Å². The van der Waals surface area contributed by atoms with Gasteiger partial charge in [0, 0.05) is 27.4 Å². The summed E-state index contributed by atoms with van der Waals surface area (Å²) in [6.07, 6.45) is 1.92. The molecule has 0 aliphatic carbocycles. The van der Waals surface area contributed by atoms with Gasteiger partial charge >= 0.3 is 0 Å². The van der Waals surface area contributed by atoms with Gasteiger partial charge in [0.1, 0.15) is 0 Å². The maximum absolute atomic E-state index is 13.0. The number of carbonyl (C=O) groups excluding carboxylic acids is 1. The van der Waals surface area contributed by atoms with Gasteiger partial charge < -0.3 is 10.2 Å². The predicted molar refractivity (Wildman–Crippen MR) is 158 cm³/mol. The average molecular weight is 513 g/mol. The molecule has 0 unspecified atom stereocenters. The minimum Gasteiger partial charge on any atom is -0.352 e. The van der Waals surface area contributed by atoms with Gasteiger partial charge in [0.2, 0.25) is 5.78 Å². The third-order valence-electron chi connectivity index (χ3n) is 7.77. The first-order valence-electron chi connectivity index (χ1n) is 12.8. The summed E-state index contributed by atoms with van der Waals surface area (Å²) in [4.78, 5) is 15.4. The number of nitrogens with zero attached hydrogens (tertiary/aromatic N) is 1. The van der Waals surface area contributed by atoms with Crippen LogP contribution in [0, 0.1) is 0 Å². The summed E-state index contributed by atoms with van der Waals surface area (Å²) < 4.78 is 0. The van der Waals surface area contributed by atoms with Crippen LogP contribution in [-0.4, -0.2) is 5.78 Å². The van der Waals surface area contributed by atoms with Gasteiger partial charge in [0.05, 0.1) is 17.1 Å². The van der Waals surface area contributed by atoms with Gasteiger partial charge in [0.25, 0.3) is 0 Å². The van der Waals surface area contributed by atoms with Crippen LogP contribution in [0.3, 0.4) is 0 Å². The molecule has 38 heavy (non-hydrogen) atoms. The molecule has 0 aromatic heterocycles. The van der Waals surface area contributed by atoms with Crippen LogP contribution in [-0.2, 0) is 5.41 Å². The molecule has 184 valence electrons. The number of halogens is 1. The van der Waals surface area contributed by atoms with E-state index in [4.69, 9.17) is 11.6 Å². The number of rotatable bonds is 2. The monoisotopic (exact) mass is 512 g/mol. The van der Waals surface area contributed by atoms with Gasteiger partial charge in [-0.05, 0) is 82.1 Å². The Labute approximate surface area is 227 Å². The van der Waals surface area contributed by atoms with Crippen LogP contribution in [0.25, 0.3) is 16.8 Å². The smallest absolute Gasteiger partial charge is 0.211 e. The van der Waals surface area contributed by atoms with E-state index >= 15 is 0 Å². The zero-order valence-electron chi connectivity index (χ0n) is 21.1. The molecule has 0 amide bonds. The number of hydrogen-bond acceptors (Lipinski definition) is 3. The maximum atomic E-state index is 13.0. The second kappa shape index (κ2) is 8.34. The molecule has 0 saturated carbocycles. The lowest BCUT2D eigenvalue weighted by molar-refractivity contribution is 0.104. The minimum absolute atomic E-state index is 0.0377. The molecule has 0 atom stereocenters. The van der Waals surface area contributed by atoms with E-state index in [1.54, 1.807) is 12.1 Å². The van der Waals surface area contributed by atoms with Crippen molar-refractivity contribution in [2.75, 3.05) is 10.2 Å². The Morgan fingerprint density at radius 1 is 0.816 bits per heavy atom. The average Bonchev–Trinajstić information content (AvgIpc) is 3.23. The Morgan fingerprint density at radius 3 is 2.45 bits per heavy atom. The summed E-state index contributed by atoms with van der Waals surface area (Å²) in [6.45, 7) is 4.62. The van der Waals surface area contributed by atoms with Gasteiger partial charge in [-0.25, -0.2) is 0 Å². The predicted octanol–water partition coefficient (Wildman–Crippen LogP) is 9.25. The van der Waals surface area contributed by atoms with Crippen LogP contribution < -0.4 is 10.2 Å². The molecule has 7 rings (SSSR count). The van der Waals surface area contributed by atoms with Crippen LogP contribution in [0.2, 0.25) is 5.02 Å². The molecule has 0 spiro atoms. The second-order valence-electron chi connectivity index (χ2n) is 10.5. The highest BCUT2D eigenvalue weighted by molar-refractivity contribution is 6.32. The molecule has 5 aromatic carbocycles. The summed E-state index contributed by atoms with van der Waals surface area (Å²) in [5, 5.41) is 6.17. The zero-order valence-corrected chi connectivity index (χ0v) is 21.9. The fourth-order valence-corrected chi connectivity index (χ4v) is 6.19. The van der Waals surface area contributed by atoms with Crippen molar-refractivity contribution < 1.29 is 4.79 Å². The number of benzene rings is 5. The second-order valence-corrected chi connectivity index (χ2v) is 10.9. The zero-order chi connectivity index (χ0) is 26.0. The van der Waals surface area contributed by atoms with E-state index in [9.17, 15) is 4.79 Å². The molecule has 0 saturated heterocycles. The fraction of sp³-hybridized carbons (Fsp3) is 0.0882. The Balaban J connectivity index is 1.38. The van der Waals surface area contributed by atoms with Gasteiger partial charge in [-0.3, -0.25) is 4.79 Å². The molecule has 5 aromatic rings. The lowest BCUT2D eigenvalue weighted by Crippen LogP contribution is -2.30. The van der Waals surface area contributed by atoms with E-state index in [2.05, 4.69) is 109 Å². The van der Waals surface area contributed by atoms with Gasteiger partial charge in [-0.2, -0.15) is 0 Å². The third-order valence-corrected chi connectivity index (χ3v) is 8.01. The Morgan fingerprint density at radius 2 is 1.61 bits per heavy atom. The maximum Gasteiger partial charge on any atom is 0.211 e. The van der Waals surface area contributed by atoms with Crippen LogP contribution in [0.4, 0.5) is 22.7 Å². The van der Waals surface area contributed by atoms with Crippen LogP contribution in [0.5, 0.6) is 0 Å². The fourth-order valence-electron chi connectivity index (χ4n) is 6.02. The van der Waals surface area contributed by atoms with Crippen molar-refractivity contribution in [3.8, 4) is 0 Å². The van der Waals surface area contributed by atoms with Crippen LogP contribution >= 0.6 is 11.6 Å². The van der Waals surface area contributed by atoms with Gasteiger partial charge in [-0.15, -0.1) is 0 Å². The van der Waals surface area contributed by atoms with Crippen molar-refractivity contribution in [3.05, 3.63) is 136 Å². The number of ketones is 1. The molecule has 1 N–H and O–H groups in total. The number of para-hydroxylation sites is 2. The summed E-state index contributed by atoms with van der Waals surface area (Å²) in [5.41, 5.74) is 8.89. The number of hydrogen-bond donors (Lipinski definition) is 1. The molecule has 0 bridgehead atoms. The first-order valence-corrected chi connectivity index (χ1v) is 13.1. The van der Waals surface area contributed by atoms with E-state index in [0.717, 1.165) is 22.3 Å². The van der Waals surface area contributed by atoms with E-state index < -0.39 is 0 Å². The molecular weight excluding hydrogens is 488 g/mol. The number of anilines is 4. The van der Waals surface area contributed by atoms with Crippen molar-refractivity contribution in [2.45, 2.75) is 19.3 Å². The first-order chi connectivity index (χ1) is 18.4. The first kappa shape index (κ1) is 22.8. The van der Waals surface area contributed by atoms with Gasteiger partial charge in [-0.1, -0.05) is 80.0 Å².